The molecule has 0 radical (unpaired) electrons. The van der Waals surface area contributed by atoms with Gasteiger partial charge in [0, 0.05) is 11.5 Å². The maximum Gasteiger partial charge on any atom is 0.207 e. The fourth-order valence-corrected chi connectivity index (χ4v) is 3.09. The number of halogens is 2. The van der Waals surface area contributed by atoms with Gasteiger partial charge in [0.25, 0.3) is 0 Å². The highest BCUT2D eigenvalue weighted by Gasteiger charge is 2.19. The van der Waals surface area contributed by atoms with Gasteiger partial charge in [-0.2, -0.15) is 5.10 Å². The lowest BCUT2D eigenvalue weighted by atomic mass is 10.3. The van der Waals surface area contributed by atoms with E-state index in [1.54, 1.807) is 4.68 Å². The first-order valence-corrected chi connectivity index (χ1v) is 7.35. The topological polar surface area (TPSA) is 61.7 Å². The van der Waals surface area contributed by atoms with E-state index in [2.05, 4.69) is 26.0 Å². The van der Waals surface area contributed by atoms with Gasteiger partial charge in [-0.3, -0.25) is 4.57 Å². The fourth-order valence-electron chi connectivity index (χ4n) is 2.33. The smallest absolute Gasteiger partial charge is 0.207 e. The summed E-state index contributed by atoms with van der Waals surface area (Å²) in [6, 6.07) is 5.66. The summed E-state index contributed by atoms with van der Waals surface area (Å²) in [5, 5.41) is 5.07. The standard InChI is InChI=1S/C13H13BrClN5/c1-3-9-11-12(19(2)18-9)20(13(16)17-11)10-5-4-7(14)6-8(10)15/h4-6H,3H2,1-2H3,(H2,16,17). The van der Waals surface area contributed by atoms with Crippen LogP contribution in [-0.2, 0) is 13.5 Å². The van der Waals surface area contributed by atoms with Crippen molar-refractivity contribution in [1.82, 2.24) is 19.3 Å². The van der Waals surface area contributed by atoms with Crippen molar-refractivity contribution in [3.63, 3.8) is 0 Å². The zero-order valence-electron chi connectivity index (χ0n) is 11.1. The maximum absolute atomic E-state index is 6.32. The molecule has 0 amide bonds. The quantitative estimate of drug-likeness (QED) is 0.768. The first-order chi connectivity index (χ1) is 9.52. The highest BCUT2D eigenvalue weighted by Crippen LogP contribution is 2.31. The van der Waals surface area contributed by atoms with E-state index in [0.29, 0.717) is 11.0 Å². The molecule has 3 aromatic rings. The van der Waals surface area contributed by atoms with Gasteiger partial charge in [-0.1, -0.05) is 34.5 Å². The van der Waals surface area contributed by atoms with E-state index >= 15 is 0 Å². The Labute approximate surface area is 129 Å². The number of fused-ring (bicyclic) bond motifs is 1. The average Bonchev–Trinajstić information content (AvgIpc) is 2.87. The van der Waals surface area contributed by atoms with Gasteiger partial charge in [-0.25, -0.2) is 9.67 Å². The van der Waals surface area contributed by atoms with Crippen molar-refractivity contribution < 1.29 is 0 Å². The molecule has 0 unspecified atom stereocenters. The third-order valence-corrected chi connectivity index (χ3v) is 4.01. The molecule has 104 valence electrons. The zero-order valence-corrected chi connectivity index (χ0v) is 13.4. The zero-order chi connectivity index (χ0) is 14.4. The van der Waals surface area contributed by atoms with Crippen LogP contribution in [0.5, 0.6) is 0 Å². The summed E-state index contributed by atoms with van der Waals surface area (Å²) >= 11 is 9.72. The van der Waals surface area contributed by atoms with E-state index in [-0.39, 0.29) is 0 Å². The lowest BCUT2D eigenvalue weighted by Gasteiger charge is -2.09. The molecule has 0 saturated carbocycles. The largest absolute Gasteiger partial charge is 0.369 e. The van der Waals surface area contributed by atoms with Crippen LogP contribution in [0.25, 0.3) is 16.9 Å². The van der Waals surface area contributed by atoms with Crippen molar-refractivity contribution in [3.05, 3.63) is 33.4 Å². The first-order valence-electron chi connectivity index (χ1n) is 6.18. The van der Waals surface area contributed by atoms with Crippen molar-refractivity contribution in [1.29, 1.82) is 0 Å². The molecule has 2 heterocycles. The Balaban J connectivity index is 2.36. The third kappa shape index (κ3) is 1.91. The molecule has 5 nitrogen and oxygen atoms in total. The van der Waals surface area contributed by atoms with E-state index in [4.69, 9.17) is 17.3 Å². The van der Waals surface area contributed by atoms with Gasteiger partial charge in [0.05, 0.1) is 16.4 Å². The van der Waals surface area contributed by atoms with Gasteiger partial charge < -0.3 is 5.73 Å². The number of aromatic nitrogens is 4. The normalized spacial score (nSPS) is 11.4. The molecule has 0 aliphatic heterocycles. The molecule has 0 aliphatic carbocycles. The van der Waals surface area contributed by atoms with Crippen molar-refractivity contribution >= 4 is 44.6 Å². The average molecular weight is 355 g/mol. The van der Waals surface area contributed by atoms with Gasteiger partial charge in [-0.15, -0.1) is 0 Å². The molecule has 0 spiro atoms. The van der Waals surface area contributed by atoms with Crippen LogP contribution in [-0.4, -0.2) is 19.3 Å². The second-order valence-corrected chi connectivity index (χ2v) is 5.82. The maximum atomic E-state index is 6.32. The summed E-state index contributed by atoms with van der Waals surface area (Å²) in [7, 11) is 1.88. The van der Waals surface area contributed by atoms with Gasteiger partial charge in [0.1, 0.15) is 5.52 Å². The predicted molar refractivity (Wildman–Crippen MR) is 84.3 cm³/mol. The van der Waals surface area contributed by atoms with Crippen molar-refractivity contribution in [2.24, 2.45) is 7.05 Å². The van der Waals surface area contributed by atoms with E-state index in [1.165, 1.54) is 0 Å². The lowest BCUT2D eigenvalue weighted by molar-refractivity contribution is 0.751. The number of benzene rings is 1. The summed E-state index contributed by atoms with van der Waals surface area (Å²) < 4.78 is 4.53. The van der Waals surface area contributed by atoms with Crippen LogP contribution in [0, 0.1) is 0 Å². The highest BCUT2D eigenvalue weighted by atomic mass is 79.9. The summed E-state index contributed by atoms with van der Waals surface area (Å²) in [6.45, 7) is 2.05. The molecule has 20 heavy (non-hydrogen) atoms. The molecule has 2 N–H and O–H groups in total. The Morgan fingerprint density at radius 1 is 1.40 bits per heavy atom. The fraction of sp³-hybridized carbons (Fsp3) is 0.231. The van der Waals surface area contributed by atoms with E-state index < -0.39 is 0 Å². The number of anilines is 1. The molecule has 0 bridgehead atoms. The molecular formula is C13H13BrClN5. The number of rotatable bonds is 2. The van der Waals surface area contributed by atoms with Gasteiger partial charge in [0.15, 0.2) is 5.65 Å². The number of nitrogen functional groups attached to an aromatic ring is 1. The van der Waals surface area contributed by atoms with E-state index in [0.717, 1.165) is 33.4 Å². The number of hydrogen-bond donors (Lipinski definition) is 1. The Morgan fingerprint density at radius 3 is 2.80 bits per heavy atom. The molecule has 0 aliphatic rings. The molecule has 0 saturated heterocycles. The number of imidazole rings is 1. The van der Waals surface area contributed by atoms with Crippen LogP contribution in [0.3, 0.4) is 0 Å². The monoisotopic (exact) mass is 353 g/mol. The van der Waals surface area contributed by atoms with Crippen LogP contribution in [0.2, 0.25) is 5.02 Å². The summed E-state index contributed by atoms with van der Waals surface area (Å²) in [5.74, 6) is 0.409. The predicted octanol–water partition coefficient (Wildman–Crippen LogP) is 3.32. The molecular weight excluding hydrogens is 342 g/mol. The summed E-state index contributed by atoms with van der Waals surface area (Å²) in [6.07, 6.45) is 0.807. The minimum Gasteiger partial charge on any atom is -0.369 e. The SMILES string of the molecule is CCc1nn(C)c2c1nc(N)n2-c1ccc(Br)cc1Cl. The molecule has 7 heteroatoms. The molecule has 0 fully saturated rings. The van der Waals surface area contributed by atoms with Gasteiger partial charge in [-0.05, 0) is 24.6 Å². The van der Waals surface area contributed by atoms with Crippen molar-refractivity contribution in [2.45, 2.75) is 13.3 Å². The van der Waals surface area contributed by atoms with Crippen LogP contribution >= 0.6 is 27.5 Å². The van der Waals surface area contributed by atoms with E-state index in [1.807, 2.05) is 36.7 Å². The minimum atomic E-state index is 0.409. The number of nitrogens with two attached hydrogens (primary N) is 1. The number of aryl methyl sites for hydroxylation is 2. The van der Waals surface area contributed by atoms with Gasteiger partial charge >= 0.3 is 0 Å². The van der Waals surface area contributed by atoms with Crippen molar-refractivity contribution in [2.75, 3.05) is 5.73 Å². The highest BCUT2D eigenvalue weighted by molar-refractivity contribution is 9.10. The Morgan fingerprint density at radius 2 is 2.15 bits per heavy atom. The van der Waals surface area contributed by atoms with Crippen LogP contribution in [0.4, 0.5) is 5.95 Å². The number of nitrogens with zero attached hydrogens (tertiary/aromatic N) is 4. The van der Waals surface area contributed by atoms with Crippen LogP contribution in [0.1, 0.15) is 12.6 Å². The lowest BCUT2D eigenvalue weighted by Crippen LogP contribution is -2.05. The van der Waals surface area contributed by atoms with Gasteiger partial charge in [0.2, 0.25) is 5.95 Å². The third-order valence-electron chi connectivity index (χ3n) is 3.22. The number of hydrogen-bond acceptors (Lipinski definition) is 3. The van der Waals surface area contributed by atoms with E-state index in [9.17, 15) is 0 Å². The second kappa shape index (κ2) is 4.79. The van der Waals surface area contributed by atoms with Crippen LogP contribution < -0.4 is 5.73 Å². The first kappa shape index (κ1) is 13.5. The Bertz CT molecular complexity index is 805. The van der Waals surface area contributed by atoms with Crippen molar-refractivity contribution in [3.8, 4) is 5.69 Å². The molecule has 3 rings (SSSR count). The summed E-state index contributed by atoms with van der Waals surface area (Å²) in [4.78, 5) is 4.43. The molecule has 1 aromatic carbocycles. The summed E-state index contributed by atoms with van der Waals surface area (Å²) in [5.41, 5.74) is 9.47. The minimum absolute atomic E-state index is 0.409. The Kier molecular flexibility index (Phi) is 3.22. The molecule has 0 atom stereocenters. The molecule has 2 aromatic heterocycles. The van der Waals surface area contributed by atoms with Crippen LogP contribution in [0.15, 0.2) is 22.7 Å². The Hall–Kier alpha value is -1.53. The second-order valence-electron chi connectivity index (χ2n) is 4.50.